The van der Waals surface area contributed by atoms with Crippen LogP contribution in [0.5, 0.6) is 0 Å². The Labute approximate surface area is 113 Å². The number of rotatable bonds is 3. The number of thiophene rings is 1. The quantitative estimate of drug-likeness (QED) is 0.739. The lowest BCUT2D eigenvalue weighted by molar-refractivity contribution is -0.126. The first kappa shape index (κ1) is 12.2. The highest BCUT2D eigenvalue weighted by molar-refractivity contribution is 7.10. The summed E-state index contributed by atoms with van der Waals surface area (Å²) in [6, 6.07) is 3.10. The van der Waals surface area contributed by atoms with Crippen molar-refractivity contribution < 1.29 is 14.7 Å². The summed E-state index contributed by atoms with van der Waals surface area (Å²) in [6.07, 6.45) is 0. The molecule has 2 aliphatic rings. The van der Waals surface area contributed by atoms with Crippen LogP contribution in [0, 0.1) is 0 Å². The topological polar surface area (TPSA) is 81.7 Å². The van der Waals surface area contributed by atoms with Crippen molar-refractivity contribution in [3.8, 4) is 0 Å². The first-order valence-electron chi connectivity index (χ1n) is 5.95. The predicted octanol–water partition coefficient (Wildman–Crippen LogP) is 0.191. The van der Waals surface area contributed by atoms with Gasteiger partial charge in [-0.1, -0.05) is 6.07 Å². The summed E-state index contributed by atoms with van der Waals surface area (Å²) in [7, 11) is 0. The van der Waals surface area contributed by atoms with Crippen LogP contribution in [0.25, 0.3) is 0 Å². The second kappa shape index (κ2) is 4.67. The first-order valence-corrected chi connectivity index (χ1v) is 6.82. The monoisotopic (exact) mass is 279 g/mol. The Morgan fingerprint density at radius 3 is 3.00 bits per heavy atom. The fourth-order valence-corrected chi connectivity index (χ4v) is 3.18. The highest BCUT2D eigenvalue weighted by atomic mass is 32.1. The van der Waals surface area contributed by atoms with Crippen molar-refractivity contribution in [3.63, 3.8) is 0 Å². The normalized spacial score (nSPS) is 22.4. The molecular formula is C12H13N3O3S. The fourth-order valence-electron chi connectivity index (χ4n) is 2.40. The van der Waals surface area contributed by atoms with Crippen LogP contribution in [0.2, 0.25) is 0 Å². The van der Waals surface area contributed by atoms with Crippen LogP contribution >= 0.6 is 11.3 Å². The zero-order valence-electron chi connectivity index (χ0n) is 10.0. The predicted molar refractivity (Wildman–Crippen MR) is 69.4 cm³/mol. The summed E-state index contributed by atoms with van der Waals surface area (Å²) < 4.78 is 0. The number of aliphatic hydroxyl groups excluding tert-OH is 1. The van der Waals surface area contributed by atoms with Gasteiger partial charge >= 0.3 is 6.03 Å². The summed E-state index contributed by atoms with van der Waals surface area (Å²) in [5, 5.41) is 16.3. The van der Waals surface area contributed by atoms with Gasteiger partial charge < -0.3 is 20.6 Å². The second-order valence-electron chi connectivity index (χ2n) is 4.39. The van der Waals surface area contributed by atoms with E-state index in [9.17, 15) is 9.59 Å². The number of nitrogens with one attached hydrogen (secondary N) is 2. The van der Waals surface area contributed by atoms with E-state index in [4.69, 9.17) is 5.11 Å². The van der Waals surface area contributed by atoms with Crippen molar-refractivity contribution in [2.45, 2.75) is 6.04 Å². The van der Waals surface area contributed by atoms with Crippen LogP contribution in [0.1, 0.15) is 10.9 Å². The number of hydrogen-bond acceptors (Lipinski definition) is 4. The summed E-state index contributed by atoms with van der Waals surface area (Å²) in [5.41, 5.74) is 1.22. The summed E-state index contributed by atoms with van der Waals surface area (Å²) in [4.78, 5) is 26.4. The Morgan fingerprint density at radius 2 is 2.32 bits per heavy atom. The molecule has 0 fully saturated rings. The van der Waals surface area contributed by atoms with Gasteiger partial charge in [0.25, 0.3) is 5.91 Å². The molecule has 0 aromatic carbocycles. The molecule has 0 saturated carbocycles. The Kier molecular flexibility index (Phi) is 3.00. The maximum absolute atomic E-state index is 12.3. The van der Waals surface area contributed by atoms with Crippen molar-refractivity contribution in [2.24, 2.45) is 0 Å². The minimum absolute atomic E-state index is 0.0860. The van der Waals surface area contributed by atoms with Crippen molar-refractivity contribution in [3.05, 3.63) is 33.7 Å². The zero-order valence-corrected chi connectivity index (χ0v) is 10.9. The van der Waals surface area contributed by atoms with E-state index in [1.165, 1.54) is 11.3 Å². The largest absolute Gasteiger partial charge is 0.395 e. The lowest BCUT2D eigenvalue weighted by Crippen LogP contribution is -2.44. The molecule has 0 radical (unpaired) electrons. The molecule has 0 unspecified atom stereocenters. The average molecular weight is 279 g/mol. The van der Waals surface area contributed by atoms with E-state index in [0.717, 1.165) is 4.88 Å². The van der Waals surface area contributed by atoms with Crippen molar-refractivity contribution in [2.75, 3.05) is 19.7 Å². The minimum atomic E-state index is -0.389. The van der Waals surface area contributed by atoms with E-state index in [1.54, 1.807) is 4.90 Å². The lowest BCUT2D eigenvalue weighted by atomic mass is 10.0. The summed E-state index contributed by atoms with van der Waals surface area (Å²) in [5.74, 6) is -0.130. The number of nitrogens with zero attached hydrogens (tertiary/aromatic N) is 1. The molecule has 19 heavy (non-hydrogen) atoms. The SMILES string of the molecule is O=C1NC2=C(C(=O)N(CCO)C2)[C@@H](c2cccs2)N1. The molecule has 1 atom stereocenters. The molecule has 0 saturated heterocycles. The van der Waals surface area contributed by atoms with Crippen molar-refractivity contribution >= 4 is 23.3 Å². The van der Waals surface area contributed by atoms with Gasteiger partial charge in [-0.25, -0.2) is 4.79 Å². The van der Waals surface area contributed by atoms with Crippen LogP contribution in [-0.4, -0.2) is 41.6 Å². The third-order valence-corrected chi connectivity index (χ3v) is 4.16. The highest BCUT2D eigenvalue weighted by Crippen LogP contribution is 2.34. The Balaban J connectivity index is 1.96. The number of urea groups is 1. The molecule has 3 heterocycles. The Morgan fingerprint density at radius 1 is 1.47 bits per heavy atom. The van der Waals surface area contributed by atoms with E-state index in [0.29, 0.717) is 17.8 Å². The van der Waals surface area contributed by atoms with Crippen LogP contribution in [-0.2, 0) is 4.79 Å². The molecule has 100 valence electrons. The zero-order chi connectivity index (χ0) is 13.4. The molecule has 0 bridgehead atoms. The molecule has 0 aliphatic carbocycles. The smallest absolute Gasteiger partial charge is 0.319 e. The number of amides is 3. The van der Waals surface area contributed by atoms with Gasteiger partial charge in [-0.15, -0.1) is 11.3 Å². The molecule has 2 aliphatic heterocycles. The van der Waals surface area contributed by atoms with Crippen LogP contribution < -0.4 is 10.6 Å². The highest BCUT2D eigenvalue weighted by Gasteiger charge is 2.40. The molecule has 3 amide bonds. The summed E-state index contributed by atoms with van der Waals surface area (Å²) in [6.45, 7) is 0.542. The number of carbonyl (C=O) groups excluding carboxylic acids is 2. The van der Waals surface area contributed by atoms with Crippen molar-refractivity contribution in [1.29, 1.82) is 0 Å². The minimum Gasteiger partial charge on any atom is -0.395 e. The van der Waals surface area contributed by atoms with Gasteiger partial charge in [0.15, 0.2) is 0 Å². The Bertz CT molecular complexity index is 553. The van der Waals surface area contributed by atoms with Gasteiger partial charge in [-0.2, -0.15) is 0 Å². The van der Waals surface area contributed by atoms with Gasteiger partial charge in [-0.05, 0) is 11.4 Å². The number of hydrogen-bond donors (Lipinski definition) is 3. The molecule has 3 N–H and O–H groups in total. The second-order valence-corrected chi connectivity index (χ2v) is 5.37. The molecule has 1 aromatic heterocycles. The average Bonchev–Trinajstić information content (AvgIpc) is 2.99. The summed E-state index contributed by atoms with van der Waals surface area (Å²) >= 11 is 1.50. The standard InChI is InChI=1S/C12H13N3O3S/c16-4-3-15-6-7-9(11(15)17)10(14-12(18)13-7)8-2-1-5-19-8/h1-2,5,10,16H,3-4,6H2,(H2,13,14,18)/t10-/m1/s1. The maximum atomic E-state index is 12.3. The van der Waals surface area contributed by atoms with Gasteiger partial charge in [0.05, 0.1) is 30.5 Å². The Hall–Kier alpha value is -1.86. The molecule has 7 heteroatoms. The fraction of sp³-hybridized carbons (Fsp3) is 0.333. The van der Waals surface area contributed by atoms with E-state index >= 15 is 0 Å². The van der Waals surface area contributed by atoms with Gasteiger partial charge in [-0.3, -0.25) is 4.79 Å². The maximum Gasteiger partial charge on any atom is 0.319 e. The van der Waals surface area contributed by atoms with E-state index in [2.05, 4.69) is 10.6 Å². The van der Waals surface area contributed by atoms with Gasteiger partial charge in [0, 0.05) is 11.4 Å². The molecular weight excluding hydrogens is 266 g/mol. The van der Waals surface area contributed by atoms with Gasteiger partial charge in [0.2, 0.25) is 0 Å². The number of carbonyl (C=O) groups is 2. The van der Waals surface area contributed by atoms with E-state index < -0.39 is 0 Å². The van der Waals surface area contributed by atoms with Crippen LogP contribution in [0.3, 0.4) is 0 Å². The van der Waals surface area contributed by atoms with E-state index in [-0.39, 0.29) is 31.1 Å². The van der Waals surface area contributed by atoms with Crippen LogP contribution in [0.4, 0.5) is 4.79 Å². The van der Waals surface area contributed by atoms with Crippen LogP contribution in [0.15, 0.2) is 28.8 Å². The third kappa shape index (κ3) is 2.00. The molecule has 0 spiro atoms. The molecule has 1 aromatic rings. The molecule has 6 nitrogen and oxygen atoms in total. The van der Waals surface area contributed by atoms with Gasteiger partial charge in [0.1, 0.15) is 0 Å². The number of β-amino-alcohol motifs (C(OH)–C–C–N with tert-alkyl or cyclic N) is 1. The first-order chi connectivity index (χ1) is 9.20. The number of aliphatic hydroxyl groups is 1. The van der Waals surface area contributed by atoms with Crippen molar-refractivity contribution in [1.82, 2.24) is 15.5 Å². The molecule has 3 rings (SSSR count). The van der Waals surface area contributed by atoms with E-state index in [1.807, 2.05) is 17.5 Å². The third-order valence-electron chi connectivity index (χ3n) is 3.22. The lowest BCUT2D eigenvalue weighted by Gasteiger charge is -2.24.